The summed E-state index contributed by atoms with van der Waals surface area (Å²) in [5, 5.41) is 0. The second-order valence-corrected chi connectivity index (χ2v) is 5.84. The lowest BCUT2D eigenvalue weighted by atomic mass is 10.1. The van der Waals surface area contributed by atoms with Crippen LogP contribution in [-0.4, -0.2) is 13.1 Å². The molecule has 132 valence electrons. The maximum atomic E-state index is 12.2. The predicted octanol–water partition coefficient (Wildman–Crippen LogP) is 4.80. The first kappa shape index (κ1) is 17.5. The molecule has 3 aromatic rings. The smallest absolute Gasteiger partial charge is 0.343 e. The molecule has 0 amide bonds. The molecule has 0 spiro atoms. The molecule has 0 N–H and O–H groups in total. The Morgan fingerprint density at radius 3 is 2.31 bits per heavy atom. The zero-order chi connectivity index (χ0) is 18.4. The average Bonchev–Trinajstić information content (AvgIpc) is 2.67. The Morgan fingerprint density at radius 1 is 0.885 bits per heavy atom. The minimum atomic E-state index is -0.382. The maximum absolute atomic E-state index is 12.2. The summed E-state index contributed by atoms with van der Waals surface area (Å²) in [5.41, 5.74) is 2.48. The molecule has 3 rings (SSSR count). The number of carbonyl (C=O) groups is 1. The van der Waals surface area contributed by atoms with Gasteiger partial charge in [0.2, 0.25) is 0 Å². The first-order valence-corrected chi connectivity index (χ1v) is 8.29. The van der Waals surface area contributed by atoms with Gasteiger partial charge in [-0.3, -0.25) is 0 Å². The molecule has 0 bridgehead atoms. The SMILES string of the molecule is COc1ccccc1OCc1ccc(C(=O)Oc2cccc(C)c2)cc1. The standard InChI is InChI=1S/C22H20O4/c1-16-6-5-7-19(14-16)26-22(23)18-12-10-17(11-13-18)15-25-21-9-4-3-8-20(21)24-2/h3-14H,15H2,1-2H3. The van der Waals surface area contributed by atoms with E-state index in [-0.39, 0.29) is 5.97 Å². The van der Waals surface area contributed by atoms with Gasteiger partial charge in [-0.1, -0.05) is 36.4 Å². The number of hydrogen-bond acceptors (Lipinski definition) is 4. The van der Waals surface area contributed by atoms with E-state index in [1.54, 1.807) is 25.3 Å². The number of esters is 1. The van der Waals surface area contributed by atoms with Gasteiger partial charge in [0.1, 0.15) is 12.4 Å². The van der Waals surface area contributed by atoms with Gasteiger partial charge in [0, 0.05) is 0 Å². The van der Waals surface area contributed by atoms with Crippen molar-refractivity contribution in [3.8, 4) is 17.2 Å². The van der Waals surface area contributed by atoms with Crippen LogP contribution in [0, 0.1) is 6.92 Å². The van der Waals surface area contributed by atoms with Crippen molar-refractivity contribution in [1.82, 2.24) is 0 Å². The van der Waals surface area contributed by atoms with Gasteiger partial charge >= 0.3 is 5.97 Å². The van der Waals surface area contributed by atoms with Gasteiger partial charge < -0.3 is 14.2 Å². The van der Waals surface area contributed by atoms with Gasteiger partial charge in [-0.25, -0.2) is 4.79 Å². The van der Waals surface area contributed by atoms with Gasteiger partial charge in [0.05, 0.1) is 12.7 Å². The van der Waals surface area contributed by atoms with Crippen molar-refractivity contribution in [2.75, 3.05) is 7.11 Å². The number of rotatable bonds is 6. The summed E-state index contributed by atoms with van der Waals surface area (Å²) in [6, 6.07) is 22.1. The van der Waals surface area contributed by atoms with Crippen LogP contribution in [0.15, 0.2) is 72.8 Å². The summed E-state index contributed by atoms with van der Waals surface area (Å²) < 4.78 is 16.4. The molecule has 0 aromatic heterocycles. The molecule has 0 aliphatic heterocycles. The third kappa shape index (κ3) is 4.42. The topological polar surface area (TPSA) is 44.8 Å². The number of para-hydroxylation sites is 2. The molecule has 0 atom stereocenters. The molecule has 0 fully saturated rings. The second-order valence-electron chi connectivity index (χ2n) is 5.84. The Bertz CT molecular complexity index is 885. The van der Waals surface area contributed by atoms with E-state index in [4.69, 9.17) is 14.2 Å². The summed E-state index contributed by atoms with van der Waals surface area (Å²) in [5.74, 6) is 1.52. The minimum absolute atomic E-state index is 0.382. The van der Waals surface area contributed by atoms with E-state index in [2.05, 4.69) is 0 Å². The van der Waals surface area contributed by atoms with Crippen LogP contribution in [0.2, 0.25) is 0 Å². The van der Waals surface area contributed by atoms with Crippen LogP contribution < -0.4 is 14.2 Å². The fraction of sp³-hybridized carbons (Fsp3) is 0.136. The van der Waals surface area contributed by atoms with E-state index in [0.29, 0.717) is 29.4 Å². The van der Waals surface area contributed by atoms with Crippen molar-refractivity contribution in [3.63, 3.8) is 0 Å². The lowest BCUT2D eigenvalue weighted by Crippen LogP contribution is -2.08. The number of carbonyl (C=O) groups excluding carboxylic acids is 1. The highest BCUT2D eigenvalue weighted by atomic mass is 16.5. The van der Waals surface area contributed by atoms with Crippen molar-refractivity contribution in [2.45, 2.75) is 13.5 Å². The van der Waals surface area contributed by atoms with Crippen molar-refractivity contribution >= 4 is 5.97 Å². The van der Waals surface area contributed by atoms with Gasteiger partial charge in [0.25, 0.3) is 0 Å². The van der Waals surface area contributed by atoms with Crippen molar-refractivity contribution in [1.29, 1.82) is 0 Å². The highest BCUT2D eigenvalue weighted by Crippen LogP contribution is 2.26. The summed E-state index contributed by atoms with van der Waals surface area (Å²) in [6.07, 6.45) is 0. The maximum Gasteiger partial charge on any atom is 0.343 e. The Hall–Kier alpha value is -3.27. The molecule has 4 heteroatoms. The molecule has 0 aliphatic rings. The Balaban J connectivity index is 1.62. The highest BCUT2D eigenvalue weighted by molar-refractivity contribution is 5.91. The molecular formula is C22H20O4. The largest absolute Gasteiger partial charge is 0.493 e. The number of hydrogen-bond donors (Lipinski definition) is 0. The van der Waals surface area contributed by atoms with Crippen molar-refractivity contribution < 1.29 is 19.0 Å². The van der Waals surface area contributed by atoms with Crippen LogP contribution >= 0.6 is 0 Å². The minimum Gasteiger partial charge on any atom is -0.493 e. The third-order valence-corrected chi connectivity index (χ3v) is 3.85. The molecule has 0 saturated heterocycles. The van der Waals surface area contributed by atoms with Gasteiger partial charge in [0.15, 0.2) is 11.5 Å². The molecule has 0 aliphatic carbocycles. The van der Waals surface area contributed by atoms with Crippen LogP contribution in [0.4, 0.5) is 0 Å². The third-order valence-electron chi connectivity index (χ3n) is 3.85. The first-order chi connectivity index (χ1) is 12.7. The van der Waals surface area contributed by atoms with E-state index in [9.17, 15) is 4.79 Å². The molecule has 0 heterocycles. The van der Waals surface area contributed by atoms with Crippen molar-refractivity contribution in [3.05, 3.63) is 89.5 Å². The summed E-state index contributed by atoms with van der Waals surface area (Å²) in [7, 11) is 1.61. The molecular weight excluding hydrogens is 328 g/mol. The van der Waals surface area contributed by atoms with E-state index in [1.165, 1.54) is 0 Å². The van der Waals surface area contributed by atoms with E-state index < -0.39 is 0 Å². The second kappa shape index (κ2) is 8.21. The first-order valence-electron chi connectivity index (χ1n) is 8.29. The van der Waals surface area contributed by atoms with Crippen LogP contribution in [0.3, 0.4) is 0 Å². The zero-order valence-electron chi connectivity index (χ0n) is 14.8. The molecule has 3 aromatic carbocycles. The monoisotopic (exact) mass is 348 g/mol. The Kier molecular flexibility index (Phi) is 5.54. The highest BCUT2D eigenvalue weighted by Gasteiger charge is 2.09. The van der Waals surface area contributed by atoms with Gasteiger partial charge in [-0.2, -0.15) is 0 Å². The lowest BCUT2D eigenvalue weighted by molar-refractivity contribution is 0.0734. The summed E-state index contributed by atoms with van der Waals surface area (Å²) >= 11 is 0. The summed E-state index contributed by atoms with van der Waals surface area (Å²) in [4.78, 5) is 12.2. The quantitative estimate of drug-likeness (QED) is 0.474. The average molecular weight is 348 g/mol. The number of methoxy groups -OCH3 is 1. The predicted molar refractivity (Wildman–Crippen MR) is 99.9 cm³/mol. The van der Waals surface area contributed by atoms with E-state index in [1.807, 2.05) is 61.5 Å². The Morgan fingerprint density at radius 2 is 1.62 bits per heavy atom. The van der Waals surface area contributed by atoms with Gasteiger partial charge in [-0.05, 0) is 54.4 Å². The van der Waals surface area contributed by atoms with Crippen LogP contribution in [0.25, 0.3) is 0 Å². The number of aryl methyl sites for hydroxylation is 1. The molecule has 0 saturated carbocycles. The molecule has 4 nitrogen and oxygen atoms in total. The summed E-state index contributed by atoms with van der Waals surface area (Å²) in [6.45, 7) is 2.33. The Labute approximate surface area is 153 Å². The van der Waals surface area contributed by atoms with Crippen molar-refractivity contribution in [2.24, 2.45) is 0 Å². The fourth-order valence-electron chi connectivity index (χ4n) is 2.48. The fourth-order valence-corrected chi connectivity index (χ4v) is 2.48. The van der Waals surface area contributed by atoms with Gasteiger partial charge in [-0.15, -0.1) is 0 Å². The number of ether oxygens (including phenoxy) is 3. The lowest BCUT2D eigenvalue weighted by Gasteiger charge is -2.10. The molecule has 0 radical (unpaired) electrons. The van der Waals surface area contributed by atoms with Crippen LogP contribution in [-0.2, 0) is 6.61 Å². The normalized spacial score (nSPS) is 10.2. The van der Waals surface area contributed by atoms with E-state index >= 15 is 0 Å². The molecule has 26 heavy (non-hydrogen) atoms. The van der Waals surface area contributed by atoms with Crippen LogP contribution in [0.5, 0.6) is 17.2 Å². The molecule has 0 unspecified atom stereocenters. The zero-order valence-corrected chi connectivity index (χ0v) is 14.8. The van der Waals surface area contributed by atoms with Crippen LogP contribution in [0.1, 0.15) is 21.5 Å². The van der Waals surface area contributed by atoms with E-state index in [0.717, 1.165) is 11.1 Å². The number of benzene rings is 3.